The average molecular weight is 438 g/mol. The Morgan fingerprint density at radius 1 is 0.844 bits per heavy atom. The lowest BCUT2D eigenvalue weighted by Crippen LogP contribution is -2.35. The number of carbonyl (C=O) groups is 2. The van der Waals surface area contributed by atoms with Crippen molar-refractivity contribution < 1.29 is 23.1 Å². The minimum absolute atomic E-state index is 0.0644. The molecule has 0 aliphatic rings. The van der Waals surface area contributed by atoms with Gasteiger partial charge in [0.2, 0.25) is 5.91 Å². The summed E-state index contributed by atoms with van der Waals surface area (Å²) in [4.78, 5) is 26.4. The molecule has 0 spiro atoms. The highest BCUT2D eigenvalue weighted by Gasteiger charge is 2.18. The van der Waals surface area contributed by atoms with E-state index in [0.29, 0.717) is 30.8 Å². The van der Waals surface area contributed by atoms with Gasteiger partial charge < -0.3 is 15.0 Å². The molecule has 3 aromatic carbocycles. The molecule has 2 amide bonds. The van der Waals surface area contributed by atoms with E-state index >= 15 is 0 Å². The smallest absolute Gasteiger partial charge is 0.258 e. The summed E-state index contributed by atoms with van der Waals surface area (Å²) in [6.45, 7) is 0.902. The van der Waals surface area contributed by atoms with Gasteiger partial charge in [-0.15, -0.1) is 0 Å². The highest BCUT2D eigenvalue weighted by atomic mass is 19.1. The number of hydrogen-bond acceptors (Lipinski definition) is 3. The maximum atomic E-state index is 13.3. The highest BCUT2D eigenvalue weighted by molar-refractivity contribution is 6.06. The summed E-state index contributed by atoms with van der Waals surface area (Å²) in [5.74, 6) is -1.44. The molecule has 5 nitrogen and oxygen atoms in total. The van der Waals surface area contributed by atoms with Crippen LogP contribution in [-0.2, 0) is 16.1 Å². The topological polar surface area (TPSA) is 58.6 Å². The highest BCUT2D eigenvalue weighted by Crippen LogP contribution is 2.18. The molecule has 0 radical (unpaired) electrons. The molecule has 0 aliphatic carbocycles. The molecule has 166 valence electrons. The molecule has 0 aliphatic heterocycles. The van der Waals surface area contributed by atoms with Crippen molar-refractivity contribution in [2.45, 2.75) is 13.0 Å². The van der Waals surface area contributed by atoms with E-state index in [-0.39, 0.29) is 25.0 Å². The number of hydrogen-bond donors (Lipinski definition) is 1. The van der Waals surface area contributed by atoms with Crippen LogP contribution >= 0.6 is 0 Å². The summed E-state index contributed by atoms with van der Waals surface area (Å²) in [5, 5.41) is 2.76. The van der Waals surface area contributed by atoms with Gasteiger partial charge in [0.25, 0.3) is 5.91 Å². The number of nitrogens with one attached hydrogen (secondary N) is 1. The normalized spacial score (nSPS) is 10.6. The first-order valence-corrected chi connectivity index (χ1v) is 10.2. The largest absolute Gasteiger partial charge is 0.367 e. The van der Waals surface area contributed by atoms with Crippen LogP contribution in [0.25, 0.3) is 0 Å². The van der Waals surface area contributed by atoms with Gasteiger partial charge in [-0.3, -0.25) is 9.59 Å². The molecule has 3 rings (SSSR count). The lowest BCUT2D eigenvalue weighted by Gasteiger charge is -2.23. The second-order valence-corrected chi connectivity index (χ2v) is 7.12. The molecule has 7 heteroatoms. The summed E-state index contributed by atoms with van der Waals surface area (Å²) in [6, 6.07) is 20.3. The second kappa shape index (κ2) is 11.7. The molecule has 0 saturated carbocycles. The molecule has 3 aromatic rings. The molecular formula is C25H24F2N2O3. The summed E-state index contributed by atoms with van der Waals surface area (Å²) in [5.41, 5.74) is 1.81. The van der Waals surface area contributed by atoms with E-state index < -0.39 is 11.6 Å². The van der Waals surface area contributed by atoms with Gasteiger partial charge in [-0.1, -0.05) is 30.3 Å². The van der Waals surface area contributed by atoms with Crippen molar-refractivity contribution in [3.05, 3.63) is 102 Å². The van der Waals surface area contributed by atoms with Crippen molar-refractivity contribution in [2.75, 3.05) is 24.6 Å². The third-order valence-electron chi connectivity index (χ3n) is 4.70. The van der Waals surface area contributed by atoms with E-state index in [9.17, 15) is 18.4 Å². The van der Waals surface area contributed by atoms with Crippen LogP contribution in [0.15, 0.2) is 78.9 Å². The van der Waals surface area contributed by atoms with Gasteiger partial charge in [-0.25, -0.2) is 8.78 Å². The van der Waals surface area contributed by atoms with Gasteiger partial charge in [0.15, 0.2) is 0 Å². The number of ether oxygens (including phenoxy) is 1. The molecule has 0 unspecified atom stereocenters. The molecule has 0 bridgehead atoms. The van der Waals surface area contributed by atoms with Crippen LogP contribution in [0.2, 0.25) is 0 Å². The molecule has 32 heavy (non-hydrogen) atoms. The van der Waals surface area contributed by atoms with Crippen molar-refractivity contribution >= 4 is 17.5 Å². The van der Waals surface area contributed by atoms with Crippen LogP contribution < -0.4 is 10.2 Å². The number of rotatable bonds is 10. The number of halogens is 2. The Morgan fingerprint density at radius 3 is 2.12 bits per heavy atom. The van der Waals surface area contributed by atoms with Gasteiger partial charge >= 0.3 is 0 Å². The van der Waals surface area contributed by atoms with Gasteiger partial charge in [-0.2, -0.15) is 0 Å². The van der Waals surface area contributed by atoms with Crippen molar-refractivity contribution in [1.29, 1.82) is 0 Å². The van der Waals surface area contributed by atoms with E-state index in [4.69, 9.17) is 4.74 Å². The van der Waals surface area contributed by atoms with Crippen LogP contribution in [0.1, 0.15) is 22.3 Å². The quantitative estimate of drug-likeness (QED) is 0.479. The lowest BCUT2D eigenvalue weighted by molar-refractivity contribution is -0.126. The zero-order valence-corrected chi connectivity index (χ0v) is 17.5. The monoisotopic (exact) mass is 438 g/mol. The Kier molecular flexibility index (Phi) is 8.45. The average Bonchev–Trinajstić information content (AvgIpc) is 2.81. The zero-order chi connectivity index (χ0) is 22.8. The van der Waals surface area contributed by atoms with E-state index in [1.54, 1.807) is 0 Å². The minimum Gasteiger partial charge on any atom is -0.367 e. The molecule has 0 aromatic heterocycles. The summed E-state index contributed by atoms with van der Waals surface area (Å²) < 4.78 is 31.9. The predicted molar refractivity (Wildman–Crippen MR) is 118 cm³/mol. The zero-order valence-electron chi connectivity index (χ0n) is 17.5. The molecule has 0 fully saturated rings. The Hall–Kier alpha value is -3.58. The first-order valence-electron chi connectivity index (χ1n) is 10.2. The number of amides is 2. The van der Waals surface area contributed by atoms with Gasteiger partial charge in [0.05, 0.1) is 6.61 Å². The van der Waals surface area contributed by atoms with E-state index in [2.05, 4.69) is 5.32 Å². The van der Waals surface area contributed by atoms with Crippen molar-refractivity contribution in [3.8, 4) is 0 Å². The second-order valence-electron chi connectivity index (χ2n) is 7.12. The van der Waals surface area contributed by atoms with Gasteiger partial charge in [0, 0.05) is 24.3 Å². The Balaban J connectivity index is 1.51. The van der Waals surface area contributed by atoms with Crippen LogP contribution in [-0.4, -0.2) is 31.5 Å². The predicted octanol–water partition coefficient (Wildman–Crippen LogP) is 4.33. The van der Waals surface area contributed by atoms with Crippen LogP contribution in [0.4, 0.5) is 14.5 Å². The van der Waals surface area contributed by atoms with Crippen molar-refractivity contribution in [1.82, 2.24) is 5.32 Å². The van der Waals surface area contributed by atoms with Gasteiger partial charge in [-0.05, 0) is 60.5 Å². The summed E-state index contributed by atoms with van der Waals surface area (Å²) >= 11 is 0. The molecule has 0 atom stereocenters. The molecule has 0 heterocycles. The first-order chi connectivity index (χ1) is 15.5. The number of anilines is 1. The SMILES string of the molecule is O=C(COCc1ccccc1)NCCCN(C(=O)c1ccc(F)cc1)c1ccc(F)cc1. The minimum atomic E-state index is -0.438. The molecule has 1 N–H and O–H groups in total. The third-order valence-corrected chi connectivity index (χ3v) is 4.70. The number of benzene rings is 3. The number of nitrogens with zero attached hydrogens (tertiary/aromatic N) is 1. The summed E-state index contributed by atoms with van der Waals surface area (Å²) in [6.07, 6.45) is 0.467. The van der Waals surface area contributed by atoms with Crippen molar-refractivity contribution in [2.24, 2.45) is 0 Å². The first kappa shape index (κ1) is 23.1. The molecule has 0 saturated heterocycles. The Morgan fingerprint density at radius 2 is 1.47 bits per heavy atom. The lowest BCUT2D eigenvalue weighted by atomic mass is 10.1. The fourth-order valence-electron chi connectivity index (χ4n) is 3.07. The maximum Gasteiger partial charge on any atom is 0.258 e. The fraction of sp³-hybridized carbons (Fsp3) is 0.200. The fourth-order valence-corrected chi connectivity index (χ4v) is 3.07. The standard InChI is InChI=1S/C25H24F2N2O3/c26-21-9-7-20(8-10-21)25(31)29(23-13-11-22(27)12-14-23)16-4-15-28-24(30)18-32-17-19-5-2-1-3-6-19/h1-3,5-14H,4,15-18H2,(H,28,30). The van der Waals surface area contributed by atoms with E-state index in [1.165, 1.54) is 53.4 Å². The third kappa shape index (κ3) is 6.99. The number of carbonyl (C=O) groups excluding carboxylic acids is 2. The Bertz CT molecular complexity index is 1010. The summed E-state index contributed by atoms with van der Waals surface area (Å²) in [7, 11) is 0. The maximum absolute atomic E-state index is 13.3. The van der Waals surface area contributed by atoms with Crippen LogP contribution in [0, 0.1) is 11.6 Å². The van der Waals surface area contributed by atoms with Crippen LogP contribution in [0.5, 0.6) is 0 Å². The van der Waals surface area contributed by atoms with E-state index in [0.717, 1.165) is 5.56 Å². The van der Waals surface area contributed by atoms with Crippen molar-refractivity contribution in [3.63, 3.8) is 0 Å². The molecular weight excluding hydrogens is 414 g/mol. The van der Waals surface area contributed by atoms with Gasteiger partial charge in [0.1, 0.15) is 18.2 Å². The Labute approximate surface area is 185 Å². The van der Waals surface area contributed by atoms with E-state index in [1.807, 2.05) is 30.3 Å². The van der Waals surface area contributed by atoms with Crippen LogP contribution in [0.3, 0.4) is 0 Å².